The van der Waals surface area contributed by atoms with E-state index in [1.54, 1.807) is 6.92 Å². The van der Waals surface area contributed by atoms with Gasteiger partial charge in [-0.05, 0) is 13.5 Å². The molecule has 84 valence electrons. The van der Waals surface area contributed by atoms with E-state index in [9.17, 15) is 4.79 Å². The molecule has 0 aliphatic heterocycles. The first kappa shape index (κ1) is 13.8. The number of carbonyl (C=O) groups excluding carboxylic acids is 1. The van der Waals surface area contributed by atoms with Crippen LogP contribution in [0.2, 0.25) is 0 Å². The molecule has 0 amide bonds. The Labute approximate surface area is 94.5 Å². The maximum Gasteiger partial charge on any atom is 0.341 e. The summed E-state index contributed by atoms with van der Waals surface area (Å²) in [7, 11) is 0. The van der Waals surface area contributed by atoms with Crippen LogP contribution in [0.15, 0.2) is 12.4 Å². The third kappa shape index (κ3) is 4.22. The molecule has 6 heteroatoms. The molecule has 0 fully saturated rings. The second kappa shape index (κ2) is 7.14. The van der Waals surface area contributed by atoms with Crippen LogP contribution in [-0.2, 0) is 11.2 Å². The van der Waals surface area contributed by atoms with Gasteiger partial charge in [-0.1, -0.05) is 0 Å². The Morgan fingerprint density at radius 1 is 1.47 bits per heavy atom. The number of hydrogen-bond acceptors (Lipinski definition) is 5. The van der Waals surface area contributed by atoms with Gasteiger partial charge in [0.1, 0.15) is 5.82 Å². The second-order valence-corrected chi connectivity index (χ2v) is 2.65. The topological polar surface area (TPSA) is 78.1 Å². The largest absolute Gasteiger partial charge is 0.462 e. The van der Waals surface area contributed by atoms with Gasteiger partial charge in [-0.2, -0.15) is 0 Å². The summed E-state index contributed by atoms with van der Waals surface area (Å²) in [6.45, 7) is 2.60. The molecule has 0 saturated heterocycles. The molecular formula is C9H14ClN3O2. The fourth-order valence-electron chi connectivity index (χ4n) is 0.933. The van der Waals surface area contributed by atoms with E-state index < -0.39 is 5.97 Å². The minimum Gasteiger partial charge on any atom is -0.462 e. The minimum atomic E-state index is -0.396. The SMILES string of the molecule is CCOC(=O)c1cnc(CCN)nc1.Cl. The Hall–Kier alpha value is -1.20. The van der Waals surface area contributed by atoms with Gasteiger partial charge in [0.2, 0.25) is 0 Å². The van der Waals surface area contributed by atoms with E-state index in [4.69, 9.17) is 10.5 Å². The summed E-state index contributed by atoms with van der Waals surface area (Å²) in [5.41, 5.74) is 5.70. The fraction of sp³-hybridized carbons (Fsp3) is 0.444. The van der Waals surface area contributed by atoms with Gasteiger partial charge >= 0.3 is 5.97 Å². The smallest absolute Gasteiger partial charge is 0.341 e. The maximum atomic E-state index is 11.2. The van der Waals surface area contributed by atoms with Crippen LogP contribution in [0.1, 0.15) is 23.1 Å². The first-order valence-corrected chi connectivity index (χ1v) is 4.46. The highest BCUT2D eigenvalue weighted by Gasteiger charge is 2.06. The summed E-state index contributed by atoms with van der Waals surface area (Å²) in [5, 5.41) is 0. The number of hydrogen-bond donors (Lipinski definition) is 1. The van der Waals surface area contributed by atoms with Crippen molar-refractivity contribution in [1.82, 2.24) is 9.97 Å². The zero-order valence-corrected chi connectivity index (χ0v) is 9.29. The maximum absolute atomic E-state index is 11.2. The number of aromatic nitrogens is 2. The van der Waals surface area contributed by atoms with E-state index in [0.29, 0.717) is 31.0 Å². The Morgan fingerprint density at radius 2 is 2.07 bits per heavy atom. The van der Waals surface area contributed by atoms with Crippen molar-refractivity contribution in [1.29, 1.82) is 0 Å². The van der Waals surface area contributed by atoms with Gasteiger partial charge in [0, 0.05) is 18.8 Å². The van der Waals surface area contributed by atoms with Gasteiger partial charge < -0.3 is 10.5 Å². The summed E-state index contributed by atoms with van der Waals surface area (Å²) in [5.74, 6) is 0.243. The van der Waals surface area contributed by atoms with Crippen molar-refractivity contribution >= 4 is 18.4 Å². The van der Waals surface area contributed by atoms with Crippen LogP contribution in [0.3, 0.4) is 0 Å². The first-order valence-electron chi connectivity index (χ1n) is 4.46. The molecule has 1 aromatic rings. The van der Waals surface area contributed by atoms with E-state index >= 15 is 0 Å². The molecule has 5 nitrogen and oxygen atoms in total. The average molecular weight is 232 g/mol. The molecule has 0 bridgehead atoms. The predicted octanol–water partition coefficient (Wildman–Crippen LogP) is 0.576. The summed E-state index contributed by atoms with van der Waals surface area (Å²) in [6.07, 6.45) is 3.52. The van der Waals surface area contributed by atoms with Crippen LogP contribution in [0, 0.1) is 0 Å². The summed E-state index contributed by atoms with van der Waals surface area (Å²) >= 11 is 0. The van der Waals surface area contributed by atoms with Gasteiger partial charge in [-0.15, -0.1) is 12.4 Å². The first-order chi connectivity index (χ1) is 6.77. The molecule has 1 aromatic heterocycles. The lowest BCUT2D eigenvalue weighted by molar-refractivity contribution is 0.0525. The van der Waals surface area contributed by atoms with Gasteiger partial charge in [-0.3, -0.25) is 0 Å². The molecule has 0 aromatic carbocycles. The van der Waals surface area contributed by atoms with Crippen LogP contribution < -0.4 is 5.73 Å². The minimum absolute atomic E-state index is 0. The Kier molecular flexibility index (Phi) is 6.57. The highest BCUT2D eigenvalue weighted by atomic mass is 35.5. The highest BCUT2D eigenvalue weighted by Crippen LogP contribution is 1.99. The van der Waals surface area contributed by atoms with Crippen LogP contribution in [0.25, 0.3) is 0 Å². The molecule has 15 heavy (non-hydrogen) atoms. The van der Waals surface area contributed by atoms with Gasteiger partial charge in [0.15, 0.2) is 0 Å². The van der Waals surface area contributed by atoms with Crippen LogP contribution in [-0.4, -0.2) is 29.1 Å². The lowest BCUT2D eigenvalue weighted by Crippen LogP contribution is -2.09. The van der Waals surface area contributed by atoms with Crippen molar-refractivity contribution in [2.24, 2.45) is 5.73 Å². The van der Waals surface area contributed by atoms with E-state index in [1.807, 2.05) is 0 Å². The third-order valence-corrected chi connectivity index (χ3v) is 1.58. The Morgan fingerprint density at radius 3 is 2.53 bits per heavy atom. The van der Waals surface area contributed by atoms with Crippen LogP contribution in [0.5, 0.6) is 0 Å². The third-order valence-electron chi connectivity index (χ3n) is 1.58. The van der Waals surface area contributed by atoms with Crippen molar-refractivity contribution in [2.45, 2.75) is 13.3 Å². The standard InChI is InChI=1S/C9H13N3O2.ClH/c1-2-14-9(13)7-5-11-8(3-4-10)12-6-7;/h5-6H,2-4,10H2,1H3;1H. The fourth-order valence-corrected chi connectivity index (χ4v) is 0.933. The predicted molar refractivity (Wildman–Crippen MR) is 58.0 cm³/mol. The zero-order valence-electron chi connectivity index (χ0n) is 8.47. The normalized spacial score (nSPS) is 9.20. The molecule has 0 aliphatic carbocycles. The number of nitrogens with two attached hydrogens (primary N) is 1. The van der Waals surface area contributed by atoms with Crippen molar-refractivity contribution in [3.63, 3.8) is 0 Å². The molecule has 0 spiro atoms. The van der Waals surface area contributed by atoms with Crippen molar-refractivity contribution < 1.29 is 9.53 Å². The monoisotopic (exact) mass is 231 g/mol. The summed E-state index contributed by atoms with van der Waals surface area (Å²) < 4.78 is 4.78. The molecule has 0 saturated carbocycles. The lowest BCUT2D eigenvalue weighted by atomic mass is 10.3. The van der Waals surface area contributed by atoms with Gasteiger partial charge in [-0.25, -0.2) is 14.8 Å². The molecular weight excluding hydrogens is 218 g/mol. The number of nitrogens with zero attached hydrogens (tertiary/aromatic N) is 2. The van der Waals surface area contributed by atoms with E-state index in [1.165, 1.54) is 12.4 Å². The zero-order chi connectivity index (χ0) is 10.4. The summed E-state index contributed by atoms with van der Waals surface area (Å²) in [4.78, 5) is 19.1. The molecule has 0 atom stereocenters. The quantitative estimate of drug-likeness (QED) is 0.767. The molecule has 0 radical (unpaired) electrons. The second-order valence-electron chi connectivity index (χ2n) is 2.65. The number of esters is 1. The molecule has 1 rings (SSSR count). The Balaban J connectivity index is 0.00000196. The Bertz CT molecular complexity index is 303. The van der Waals surface area contributed by atoms with E-state index in [-0.39, 0.29) is 12.4 Å². The van der Waals surface area contributed by atoms with Gasteiger partial charge in [0.05, 0.1) is 12.2 Å². The number of carbonyl (C=O) groups is 1. The molecule has 1 heterocycles. The number of halogens is 1. The average Bonchev–Trinajstić information content (AvgIpc) is 2.20. The van der Waals surface area contributed by atoms with E-state index in [2.05, 4.69) is 9.97 Å². The summed E-state index contributed by atoms with van der Waals surface area (Å²) in [6, 6.07) is 0. The van der Waals surface area contributed by atoms with Crippen molar-refractivity contribution in [2.75, 3.05) is 13.2 Å². The lowest BCUT2D eigenvalue weighted by Gasteiger charge is -2.01. The van der Waals surface area contributed by atoms with Gasteiger partial charge in [0.25, 0.3) is 0 Å². The number of ether oxygens (including phenoxy) is 1. The molecule has 0 unspecified atom stereocenters. The molecule has 2 N–H and O–H groups in total. The number of rotatable bonds is 4. The van der Waals surface area contributed by atoms with Crippen molar-refractivity contribution in [3.8, 4) is 0 Å². The molecule has 0 aliphatic rings. The highest BCUT2D eigenvalue weighted by molar-refractivity contribution is 5.88. The van der Waals surface area contributed by atoms with Crippen LogP contribution >= 0.6 is 12.4 Å². The van der Waals surface area contributed by atoms with Crippen molar-refractivity contribution in [3.05, 3.63) is 23.8 Å². The van der Waals surface area contributed by atoms with Crippen LogP contribution in [0.4, 0.5) is 0 Å². The van der Waals surface area contributed by atoms with E-state index in [0.717, 1.165) is 0 Å².